The van der Waals surface area contributed by atoms with Crippen LogP contribution in [0.3, 0.4) is 0 Å². The van der Waals surface area contributed by atoms with Crippen LogP contribution in [0.4, 0.5) is 22.2 Å². The number of anilines is 3. The molecule has 1 saturated heterocycles. The minimum Gasteiger partial charge on any atom is -0.491 e. The molecular formula is C23H26N4O4. The highest BCUT2D eigenvalue weighted by Gasteiger charge is 2.27. The van der Waals surface area contributed by atoms with Gasteiger partial charge in [0.25, 0.3) is 6.01 Å². The van der Waals surface area contributed by atoms with Gasteiger partial charge < -0.3 is 24.9 Å². The number of oxazole rings is 1. The lowest BCUT2D eigenvalue weighted by atomic mass is 10.1. The molecule has 2 aromatic carbocycles. The zero-order valence-corrected chi connectivity index (χ0v) is 17.8. The van der Waals surface area contributed by atoms with Crippen LogP contribution in [0.2, 0.25) is 0 Å². The Balaban J connectivity index is 1.56. The number of aliphatic hydroxyl groups is 1. The maximum absolute atomic E-state index is 12.2. The fourth-order valence-electron chi connectivity index (χ4n) is 3.54. The van der Waals surface area contributed by atoms with Crippen LogP contribution in [0.1, 0.15) is 18.1 Å². The minimum absolute atomic E-state index is 0.0454. The zero-order chi connectivity index (χ0) is 22.0. The number of benzene rings is 2. The first-order valence-electron chi connectivity index (χ1n) is 10.2. The largest absolute Gasteiger partial charge is 0.491 e. The van der Waals surface area contributed by atoms with Crippen LogP contribution in [0, 0.1) is 13.8 Å². The molecule has 2 amide bonds. The third-order valence-corrected chi connectivity index (χ3v) is 5.05. The van der Waals surface area contributed by atoms with Crippen LogP contribution < -0.4 is 20.3 Å². The minimum atomic E-state index is -0.0947. The number of aromatic nitrogens is 1. The van der Waals surface area contributed by atoms with E-state index >= 15 is 0 Å². The molecule has 31 heavy (non-hydrogen) atoms. The highest BCUT2D eigenvalue weighted by Crippen LogP contribution is 2.31. The summed E-state index contributed by atoms with van der Waals surface area (Å²) in [5, 5.41) is 15.0. The van der Waals surface area contributed by atoms with Crippen molar-refractivity contribution in [1.29, 1.82) is 0 Å². The number of ether oxygens (including phenoxy) is 1. The third-order valence-electron chi connectivity index (χ3n) is 5.05. The van der Waals surface area contributed by atoms with Crippen molar-refractivity contribution < 1.29 is 19.1 Å². The number of aliphatic hydroxyl groups excluding tert-OH is 1. The number of nitrogens with zero attached hydrogens (tertiary/aromatic N) is 2. The molecule has 3 aromatic rings. The summed E-state index contributed by atoms with van der Waals surface area (Å²) in [6, 6.07) is 11.9. The van der Waals surface area contributed by atoms with Crippen LogP contribution in [0.15, 0.2) is 47.0 Å². The van der Waals surface area contributed by atoms with Gasteiger partial charge in [-0.1, -0.05) is 6.07 Å². The van der Waals surface area contributed by atoms with E-state index in [0.29, 0.717) is 24.1 Å². The molecule has 0 spiro atoms. The van der Waals surface area contributed by atoms with Crippen molar-refractivity contribution in [3.63, 3.8) is 0 Å². The molecule has 0 radical (unpaired) electrons. The second-order valence-corrected chi connectivity index (χ2v) is 7.72. The number of carbonyl (C=O) groups excluding carboxylic acids is 1. The van der Waals surface area contributed by atoms with Crippen molar-refractivity contribution in [1.82, 2.24) is 10.3 Å². The van der Waals surface area contributed by atoms with E-state index in [1.165, 1.54) is 0 Å². The van der Waals surface area contributed by atoms with Crippen molar-refractivity contribution in [2.24, 2.45) is 0 Å². The highest BCUT2D eigenvalue weighted by molar-refractivity contribution is 5.95. The van der Waals surface area contributed by atoms with E-state index in [4.69, 9.17) is 14.3 Å². The van der Waals surface area contributed by atoms with Gasteiger partial charge in [-0.25, -0.2) is 9.78 Å². The Morgan fingerprint density at radius 3 is 2.87 bits per heavy atom. The van der Waals surface area contributed by atoms with Gasteiger partial charge in [0.1, 0.15) is 12.4 Å². The predicted molar refractivity (Wildman–Crippen MR) is 119 cm³/mol. The van der Waals surface area contributed by atoms with Crippen LogP contribution in [-0.2, 0) is 0 Å². The number of urea groups is 1. The monoisotopic (exact) mass is 422 g/mol. The Morgan fingerprint density at radius 2 is 2.13 bits per heavy atom. The van der Waals surface area contributed by atoms with Crippen molar-refractivity contribution in [2.45, 2.75) is 26.8 Å². The van der Waals surface area contributed by atoms with E-state index < -0.39 is 0 Å². The Labute approximate surface area is 180 Å². The SMILES string of the molecule is Cc1cc(-c2cnc(Nc3cc(OCCO)ccc3C)o2)cc(N2CC(C)NC2=O)c1. The van der Waals surface area contributed by atoms with E-state index in [-0.39, 0.29) is 25.3 Å². The van der Waals surface area contributed by atoms with Gasteiger partial charge in [-0.05, 0) is 56.2 Å². The van der Waals surface area contributed by atoms with Gasteiger partial charge >= 0.3 is 6.03 Å². The summed E-state index contributed by atoms with van der Waals surface area (Å²) in [6.07, 6.45) is 1.66. The van der Waals surface area contributed by atoms with Crippen molar-refractivity contribution in [3.8, 4) is 17.1 Å². The molecule has 1 aliphatic heterocycles. The summed E-state index contributed by atoms with van der Waals surface area (Å²) < 4.78 is 11.4. The fourth-order valence-corrected chi connectivity index (χ4v) is 3.54. The second kappa shape index (κ2) is 8.69. The summed E-state index contributed by atoms with van der Waals surface area (Å²) >= 11 is 0. The number of rotatable bonds is 7. The lowest BCUT2D eigenvalue weighted by Gasteiger charge is -2.16. The normalized spacial score (nSPS) is 15.8. The Morgan fingerprint density at radius 1 is 1.29 bits per heavy atom. The molecule has 1 aliphatic rings. The maximum Gasteiger partial charge on any atom is 0.322 e. The molecule has 1 atom stereocenters. The van der Waals surface area contributed by atoms with E-state index in [1.54, 1.807) is 11.1 Å². The summed E-state index contributed by atoms with van der Waals surface area (Å²) in [4.78, 5) is 18.3. The first kappa shape index (κ1) is 20.7. The molecule has 2 heterocycles. The molecule has 1 unspecified atom stereocenters. The number of carbonyl (C=O) groups is 1. The van der Waals surface area contributed by atoms with E-state index in [9.17, 15) is 4.79 Å². The number of nitrogens with one attached hydrogen (secondary N) is 2. The molecule has 8 heteroatoms. The van der Waals surface area contributed by atoms with Crippen LogP contribution >= 0.6 is 0 Å². The Bertz CT molecular complexity index is 1090. The van der Waals surface area contributed by atoms with Gasteiger partial charge in [-0.2, -0.15) is 0 Å². The zero-order valence-electron chi connectivity index (χ0n) is 17.8. The van der Waals surface area contributed by atoms with Crippen LogP contribution in [0.25, 0.3) is 11.3 Å². The van der Waals surface area contributed by atoms with Crippen molar-refractivity contribution >= 4 is 23.4 Å². The molecule has 0 saturated carbocycles. The molecule has 1 aromatic heterocycles. The average Bonchev–Trinajstić information content (AvgIpc) is 3.34. The number of aryl methyl sites for hydroxylation is 2. The van der Waals surface area contributed by atoms with Gasteiger partial charge in [0.15, 0.2) is 5.76 Å². The summed E-state index contributed by atoms with van der Waals surface area (Å²) in [5.74, 6) is 1.25. The van der Waals surface area contributed by atoms with E-state index in [1.807, 2.05) is 57.2 Å². The summed E-state index contributed by atoms with van der Waals surface area (Å²) in [7, 11) is 0. The maximum atomic E-state index is 12.2. The fraction of sp³-hybridized carbons (Fsp3) is 0.304. The van der Waals surface area contributed by atoms with Crippen LogP contribution in [0.5, 0.6) is 5.75 Å². The average molecular weight is 422 g/mol. The van der Waals surface area contributed by atoms with Gasteiger partial charge in [-0.15, -0.1) is 0 Å². The lowest BCUT2D eigenvalue weighted by molar-refractivity contribution is 0.201. The van der Waals surface area contributed by atoms with Gasteiger partial charge in [0, 0.05) is 35.6 Å². The van der Waals surface area contributed by atoms with E-state index in [2.05, 4.69) is 15.6 Å². The molecule has 0 bridgehead atoms. The highest BCUT2D eigenvalue weighted by atomic mass is 16.5. The molecule has 3 N–H and O–H groups in total. The molecule has 8 nitrogen and oxygen atoms in total. The smallest absolute Gasteiger partial charge is 0.322 e. The van der Waals surface area contributed by atoms with Crippen LogP contribution in [-0.4, -0.2) is 41.9 Å². The molecule has 4 rings (SSSR count). The first-order valence-corrected chi connectivity index (χ1v) is 10.2. The third kappa shape index (κ3) is 4.64. The van der Waals surface area contributed by atoms with E-state index in [0.717, 1.165) is 28.1 Å². The van der Waals surface area contributed by atoms with Gasteiger partial charge in [0.2, 0.25) is 0 Å². The summed E-state index contributed by atoms with van der Waals surface area (Å²) in [5.41, 5.74) is 4.50. The molecule has 0 aliphatic carbocycles. The molecule has 1 fully saturated rings. The quantitative estimate of drug-likeness (QED) is 0.532. The number of hydrogen-bond acceptors (Lipinski definition) is 6. The topological polar surface area (TPSA) is 99.9 Å². The lowest BCUT2D eigenvalue weighted by Crippen LogP contribution is -2.28. The van der Waals surface area contributed by atoms with Crippen molar-refractivity contribution in [2.75, 3.05) is 30.0 Å². The number of amides is 2. The standard InChI is InChI=1S/C23H26N4O4/c1-14-8-17(10-18(9-14)27-13-16(3)25-23(27)29)21-12-24-22(31-21)26-20-11-19(30-7-6-28)5-4-15(20)2/h4-5,8-12,16,28H,6-7,13H2,1-3H3,(H,24,26)(H,25,29). The van der Waals surface area contributed by atoms with Gasteiger partial charge in [0.05, 0.1) is 12.8 Å². The Hall–Kier alpha value is -3.52. The first-order chi connectivity index (χ1) is 14.9. The summed E-state index contributed by atoms with van der Waals surface area (Å²) in [6.45, 7) is 6.75. The van der Waals surface area contributed by atoms with Gasteiger partial charge in [-0.3, -0.25) is 4.90 Å². The second-order valence-electron chi connectivity index (χ2n) is 7.72. The van der Waals surface area contributed by atoms with Crippen molar-refractivity contribution in [3.05, 3.63) is 53.7 Å². The Kier molecular flexibility index (Phi) is 5.81. The molecule has 162 valence electrons. The number of hydrogen-bond donors (Lipinski definition) is 3. The molecular weight excluding hydrogens is 396 g/mol. The predicted octanol–water partition coefficient (Wildman–Crippen LogP) is 3.99.